The molecule has 2 aromatic carbocycles. The van der Waals surface area contributed by atoms with E-state index >= 15 is 0 Å². The van der Waals surface area contributed by atoms with Crippen LogP contribution in [0.5, 0.6) is 5.75 Å². The van der Waals surface area contributed by atoms with Gasteiger partial charge in [-0.2, -0.15) is 0 Å². The summed E-state index contributed by atoms with van der Waals surface area (Å²) in [5.74, 6) is 0.741. The Morgan fingerprint density at radius 2 is 1.91 bits per heavy atom. The van der Waals surface area contributed by atoms with Gasteiger partial charge in [0.25, 0.3) is 5.91 Å². The lowest BCUT2D eigenvalue weighted by molar-refractivity contribution is 0.0862. The number of amides is 1. The van der Waals surface area contributed by atoms with E-state index in [9.17, 15) is 4.79 Å². The van der Waals surface area contributed by atoms with Crippen molar-refractivity contribution in [1.82, 2.24) is 4.90 Å². The molecule has 0 atom stereocenters. The van der Waals surface area contributed by atoms with Crippen molar-refractivity contribution in [1.29, 1.82) is 0 Å². The fourth-order valence-electron chi connectivity index (χ4n) is 2.62. The van der Waals surface area contributed by atoms with Crippen molar-refractivity contribution in [3.8, 4) is 5.75 Å². The van der Waals surface area contributed by atoms with Gasteiger partial charge in [-0.15, -0.1) is 6.58 Å². The minimum absolute atomic E-state index is 0.000246. The molecule has 3 rings (SSSR count). The lowest BCUT2D eigenvalue weighted by Crippen LogP contribution is -2.22. The second-order valence-corrected chi connectivity index (χ2v) is 5.06. The highest BCUT2D eigenvalue weighted by molar-refractivity contribution is 6.12. The molecule has 3 nitrogen and oxygen atoms in total. The Morgan fingerprint density at radius 3 is 2.59 bits per heavy atom. The van der Waals surface area contributed by atoms with Crippen LogP contribution in [-0.2, 0) is 0 Å². The quantitative estimate of drug-likeness (QED) is 0.801. The molecule has 1 aliphatic heterocycles. The molecule has 1 amide bonds. The molecule has 22 heavy (non-hydrogen) atoms. The van der Waals surface area contributed by atoms with Gasteiger partial charge in [-0.05, 0) is 29.8 Å². The zero-order valence-electron chi connectivity index (χ0n) is 12.5. The lowest BCUT2D eigenvalue weighted by Gasteiger charge is -2.16. The van der Waals surface area contributed by atoms with Gasteiger partial charge in [-0.1, -0.05) is 36.4 Å². The maximum atomic E-state index is 12.6. The average Bonchev–Trinajstić information content (AvgIpc) is 2.81. The van der Waals surface area contributed by atoms with Crippen molar-refractivity contribution in [3.05, 3.63) is 77.9 Å². The Hall–Kier alpha value is -2.81. The van der Waals surface area contributed by atoms with E-state index in [-0.39, 0.29) is 5.91 Å². The summed E-state index contributed by atoms with van der Waals surface area (Å²) in [5, 5.41) is 0. The number of carbonyl (C=O) groups is 1. The predicted molar refractivity (Wildman–Crippen MR) is 88.5 cm³/mol. The van der Waals surface area contributed by atoms with Gasteiger partial charge in [0.1, 0.15) is 5.75 Å². The maximum Gasteiger partial charge on any atom is 0.259 e. The normalized spacial score (nSPS) is 15.0. The molecule has 0 unspecified atom stereocenters. The Kier molecular flexibility index (Phi) is 3.79. The van der Waals surface area contributed by atoms with E-state index in [1.54, 1.807) is 18.1 Å². The molecule has 0 fully saturated rings. The van der Waals surface area contributed by atoms with Crippen LogP contribution >= 0.6 is 0 Å². The van der Waals surface area contributed by atoms with Gasteiger partial charge in [0.05, 0.1) is 12.8 Å². The molecule has 3 heteroatoms. The second kappa shape index (κ2) is 5.90. The number of benzene rings is 2. The van der Waals surface area contributed by atoms with Gasteiger partial charge in [0.15, 0.2) is 0 Å². The van der Waals surface area contributed by atoms with Gasteiger partial charge >= 0.3 is 0 Å². The number of nitrogens with zero attached hydrogens (tertiary/aromatic N) is 1. The van der Waals surface area contributed by atoms with Crippen molar-refractivity contribution < 1.29 is 9.53 Å². The molecule has 0 bridgehead atoms. The summed E-state index contributed by atoms with van der Waals surface area (Å²) >= 11 is 0. The maximum absolute atomic E-state index is 12.6. The first-order chi connectivity index (χ1) is 10.7. The number of methoxy groups -OCH3 is 1. The van der Waals surface area contributed by atoms with Crippen LogP contribution in [0.4, 0.5) is 0 Å². The summed E-state index contributed by atoms with van der Waals surface area (Å²) in [4.78, 5) is 14.3. The fourth-order valence-corrected chi connectivity index (χ4v) is 2.62. The van der Waals surface area contributed by atoms with E-state index in [1.807, 2.05) is 54.6 Å². The third-order valence-corrected chi connectivity index (χ3v) is 3.68. The molecule has 1 heterocycles. The van der Waals surface area contributed by atoms with Crippen molar-refractivity contribution in [2.45, 2.75) is 0 Å². The molecule has 0 aliphatic carbocycles. The minimum Gasteiger partial charge on any atom is -0.497 e. The number of rotatable bonds is 4. The zero-order valence-corrected chi connectivity index (χ0v) is 12.5. The van der Waals surface area contributed by atoms with Gasteiger partial charge < -0.3 is 9.64 Å². The van der Waals surface area contributed by atoms with Crippen LogP contribution in [-0.4, -0.2) is 24.5 Å². The molecule has 110 valence electrons. The number of hydrogen-bond acceptors (Lipinski definition) is 2. The summed E-state index contributed by atoms with van der Waals surface area (Å²) in [6.07, 6.45) is 3.76. The molecule has 0 radical (unpaired) electrons. The molecule has 0 N–H and O–H groups in total. The van der Waals surface area contributed by atoms with Crippen LogP contribution in [0, 0.1) is 0 Å². The summed E-state index contributed by atoms with van der Waals surface area (Å²) in [6.45, 7) is 4.23. The first kappa shape index (κ1) is 14.1. The molecular weight excluding hydrogens is 274 g/mol. The van der Waals surface area contributed by atoms with E-state index in [4.69, 9.17) is 4.74 Å². The smallest absolute Gasteiger partial charge is 0.259 e. The Morgan fingerprint density at radius 1 is 1.14 bits per heavy atom. The lowest BCUT2D eigenvalue weighted by atomic mass is 10.1. The predicted octanol–water partition coefficient (Wildman–Crippen LogP) is 3.84. The van der Waals surface area contributed by atoms with E-state index in [0.717, 1.165) is 22.6 Å². The molecule has 0 spiro atoms. The molecule has 0 saturated heterocycles. The van der Waals surface area contributed by atoms with Gasteiger partial charge in [-0.3, -0.25) is 4.79 Å². The summed E-state index contributed by atoms with van der Waals surface area (Å²) in [7, 11) is 1.63. The third kappa shape index (κ3) is 2.42. The van der Waals surface area contributed by atoms with E-state index in [2.05, 4.69) is 6.58 Å². The van der Waals surface area contributed by atoms with Crippen LogP contribution in [0.15, 0.2) is 61.2 Å². The fraction of sp³-hybridized carbons (Fsp3) is 0.105. The molecule has 1 aliphatic rings. The number of carbonyl (C=O) groups excluding carboxylic acids is 1. The second-order valence-electron chi connectivity index (χ2n) is 5.06. The largest absolute Gasteiger partial charge is 0.497 e. The number of fused-ring (bicyclic) bond motifs is 1. The summed E-state index contributed by atoms with van der Waals surface area (Å²) < 4.78 is 5.29. The molecule has 2 aromatic rings. The summed E-state index contributed by atoms with van der Waals surface area (Å²) in [5.41, 5.74) is 3.53. The highest BCUT2D eigenvalue weighted by Gasteiger charge is 2.31. The van der Waals surface area contributed by atoms with Crippen LogP contribution < -0.4 is 4.74 Å². The summed E-state index contributed by atoms with van der Waals surface area (Å²) in [6, 6.07) is 15.5. The number of hydrogen-bond donors (Lipinski definition) is 0. The minimum atomic E-state index is -0.000246. The van der Waals surface area contributed by atoms with E-state index < -0.39 is 0 Å². The number of ether oxygens (including phenoxy) is 1. The van der Waals surface area contributed by atoms with Crippen LogP contribution in [0.2, 0.25) is 0 Å². The zero-order chi connectivity index (χ0) is 15.5. The highest BCUT2D eigenvalue weighted by atomic mass is 16.5. The van der Waals surface area contributed by atoms with Crippen molar-refractivity contribution in [2.75, 3.05) is 13.7 Å². The van der Waals surface area contributed by atoms with Gasteiger partial charge in [0, 0.05) is 17.7 Å². The highest BCUT2D eigenvalue weighted by Crippen LogP contribution is 2.36. The van der Waals surface area contributed by atoms with E-state index in [1.165, 1.54) is 0 Å². The Bertz CT molecular complexity index is 747. The SMILES string of the molecule is C=CCN1C(=O)c2ccc(OC)cc2/C1=C/c1ccccc1. The first-order valence-electron chi connectivity index (χ1n) is 7.12. The van der Waals surface area contributed by atoms with Crippen LogP contribution in [0.3, 0.4) is 0 Å². The molecule has 0 aromatic heterocycles. The molecule has 0 saturated carbocycles. The van der Waals surface area contributed by atoms with Crippen LogP contribution in [0.1, 0.15) is 21.5 Å². The Labute approximate surface area is 130 Å². The van der Waals surface area contributed by atoms with Crippen molar-refractivity contribution >= 4 is 17.7 Å². The monoisotopic (exact) mass is 291 g/mol. The average molecular weight is 291 g/mol. The van der Waals surface area contributed by atoms with Crippen molar-refractivity contribution in [2.24, 2.45) is 0 Å². The topological polar surface area (TPSA) is 29.5 Å². The standard InChI is InChI=1S/C19H17NO2/c1-3-11-20-18(12-14-7-5-4-6-8-14)17-13-15(22-2)9-10-16(17)19(20)21/h3-10,12-13H,1,11H2,2H3/b18-12-. The van der Waals surface area contributed by atoms with Gasteiger partial charge in [0.2, 0.25) is 0 Å². The van der Waals surface area contributed by atoms with Crippen molar-refractivity contribution in [3.63, 3.8) is 0 Å². The van der Waals surface area contributed by atoms with E-state index in [0.29, 0.717) is 12.1 Å². The third-order valence-electron chi connectivity index (χ3n) is 3.68. The molecular formula is C19H17NO2. The van der Waals surface area contributed by atoms with Crippen LogP contribution in [0.25, 0.3) is 11.8 Å². The van der Waals surface area contributed by atoms with Gasteiger partial charge in [-0.25, -0.2) is 0 Å². The first-order valence-corrected chi connectivity index (χ1v) is 7.12. The Balaban J connectivity index is 2.15.